The lowest BCUT2D eigenvalue weighted by atomic mass is 9.81. The topological polar surface area (TPSA) is 87.0 Å². The normalized spacial score (nSPS) is 23.7. The minimum Gasteiger partial charge on any atom is -0.508 e. The molecule has 0 amide bonds. The molecule has 2 atom stereocenters. The van der Waals surface area contributed by atoms with Crippen molar-refractivity contribution in [2.45, 2.75) is 18.4 Å². The Hall–Kier alpha value is -2.53. The number of phenolic OH excluding ortho intramolecular Hbond substituents is 2. The fourth-order valence-corrected chi connectivity index (χ4v) is 3.00. The van der Waals surface area contributed by atoms with Gasteiger partial charge in [0, 0.05) is 6.42 Å². The van der Waals surface area contributed by atoms with Crippen LogP contribution in [0.3, 0.4) is 0 Å². The van der Waals surface area contributed by atoms with Crippen LogP contribution < -0.4 is 0 Å². The molecule has 5 nitrogen and oxygen atoms in total. The summed E-state index contributed by atoms with van der Waals surface area (Å²) in [7, 11) is 0. The largest absolute Gasteiger partial charge is 0.508 e. The number of ether oxygens (including phenoxy) is 1. The van der Waals surface area contributed by atoms with Crippen LogP contribution in [-0.4, -0.2) is 33.5 Å². The van der Waals surface area contributed by atoms with E-state index < -0.39 is 17.5 Å². The first kappa shape index (κ1) is 15.4. The third-order valence-corrected chi connectivity index (χ3v) is 4.17. The number of aliphatic hydroxyl groups is 1. The van der Waals surface area contributed by atoms with Gasteiger partial charge in [0.1, 0.15) is 23.7 Å². The Kier molecular flexibility index (Phi) is 3.96. The Bertz CT molecular complexity index is 727. The molecule has 2 aromatic carbocycles. The summed E-state index contributed by atoms with van der Waals surface area (Å²) in [6.07, 6.45) is 0.485. The molecule has 0 radical (unpaired) electrons. The number of hydrogen-bond acceptors (Lipinski definition) is 5. The summed E-state index contributed by atoms with van der Waals surface area (Å²) in [5.41, 5.74) is 0.144. The van der Waals surface area contributed by atoms with Crippen molar-refractivity contribution in [3.8, 4) is 11.5 Å². The Morgan fingerprint density at radius 1 is 1.04 bits per heavy atom. The minimum absolute atomic E-state index is 0.0784. The van der Waals surface area contributed by atoms with Crippen molar-refractivity contribution in [2.24, 2.45) is 5.92 Å². The highest BCUT2D eigenvalue weighted by Gasteiger charge is 2.49. The predicted molar refractivity (Wildman–Crippen MR) is 83.0 cm³/mol. The van der Waals surface area contributed by atoms with E-state index >= 15 is 0 Å². The average Bonchev–Trinajstić information content (AvgIpc) is 2.76. The molecular formula is C18H18O5. The van der Waals surface area contributed by atoms with Gasteiger partial charge in [-0.1, -0.05) is 24.3 Å². The third-order valence-electron chi connectivity index (χ3n) is 4.17. The zero-order chi connectivity index (χ0) is 16.4. The fourth-order valence-electron chi connectivity index (χ4n) is 3.00. The second kappa shape index (κ2) is 5.93. The second-order valence-electron chi connectivity index (χ2n) is 5.98. The van der Waals surface area contributed by atoms with Crippen LogP contribution in [0.5, 0.6) is 11.5 Å². The molecule has 1 saturated heterocycles. The van der Waals surface area contributed by atoms with Crippen molar-refractivity contribution < 1.29 is 24.9 Å². The van der Waals surface area contributed by atoms with Gasteiger partial charge < -0.3 is 20.1 Å². The number of carbonyl (C=O) groups is 1. The lowest BCUT2D eigenvalue weighted by Crippen LogP contribution is -2.41. The summed E-state index contributed by atoms with van der Waals surface area (Å²) >= 11 is 0. The molecule has 5 heteroatoms. The maximum absolute atomic E-state index is 12.0. The Labute approximate surface area is 133 Å². The summed E-state index contributed by atoms with van der Waals surface area (Å²) in [6.45, 7) is -0.0784. The molecule has 2 aromatic rings. The van der Waals surface area contributed by atoms with E-state index in [1.54, 1.807) is 48.5 Å². The average molecular weight is 314 g/mol. The van der Waals surface area contributed by atoms with Crippen molar-refractivity contribution in [2.75, 3.05) is 6.61 Å². The number of esters is 1. The first-order chi connectivity index (χ1) is 11.0. The molecule has 1 fully saturated rings. The number of benzene rings is 2. The minimum atomic E-state index is -1.34. The molecule has 2 unspecified atom stereocenters. The van der Waals surface area contributed by atoms with Gasteiger partial charge in [-0.05, 0) is 41.8 Å². The van der Waals surface area contributed by atoms with E-state index in [0.717, 1.165) is 11.1 Å². The van der Waals surface area contributed by atoms with Gasteiger partial charge in [-0.2, -0.15) is 0 Å². The van der Waals surface area contributed by atoms with E-state index in [2.05, 4.69) is 0 Å². The van der Waals surface area contributed by atoms with Crippen LogP contribution >= 0.6 is 0 Å². The van der Waals surface area contributed by atoms with Crippen molar-refractivity contribution in [1.29, 1.82) is 0 Å². The molecule has 3 rings (SSSR count). The number of rotatable bonds is 4. The summed E-state index contributed by atoms with van der Waals surface area (Å²) in [4.78, 5) is 12.0. The van der Waals surface area contributed by atoms with Crippen LogP contribution in [0.4, 0.5) is 0 Å². The highest BCUT2D eigenvalue weighted by molar-refractivity contribution is 5.77. The zero-order valence-electron chi connectivity index (χ0n) is 12.5. The molecule has 0 aromatic heterocycles. The monoisotopic (exact) mass is 314 g/mol. The van der Waals surface area contributed by atoms with Gasteiger partial charge in [0.05, 0.1) is 5.92 Å². The predicted octanol–water partition coefficient (Wildman–Crippen LogP) is 1.79. The number of hydrogen-bond donors (Lipinski definition) is 3. The lowest BCUT2D eigenvalue weighted by molar-refractivity contribution is -0.141. The van der Waals surface area contributed by atoms with Gasteiger partial charge in [0.2, 0.25) is 0 Å². The van der Waals surface area contributed by atoms with Gasteiger partial charge in [0.25, 0.3) is 0 Å². The summed E-state index contributed by atoms with van der Waals surface area (Å²) in [5, 5.41) is 30.0. The Morgan fingerprint density at radius 3 is 2.30 bits per heavy atom. The Morgan fingerprint density at radius 2 is 1.65 bits per heavy atom. The molecule has 1 aliphatic heterocycles. The van der Waals surface area contributed by atoms with Gasteiger partial charge in [-0.3, -0.25) is 4.79 Å². The number of carbonyl (C=O) groups excluding carboxylic acids is 1. The van der Waals surface area contributed by atoms with Gasteiger partial charge >= 0.3 is 5.97 Å². The van der Waals surface area contributed by atoms with Crippen LogP contribution in [0.2, 0.25) is 0 Å². The first-order valence-corrected chi connectivity index (χ1v) is 7.41. The molecule has 120 valence electrons. The first-order valence-electron chi connectivity index (χ1n) is 7.41. The standard InChI is InChI=1S/C18H18O5/c19-14-5-1-3-12(7-14)9-16-17(21)23-11-18(16,22)10-13-4-2-6-15(20)8-13/h1-8,16,19-20,22H,9-11H2. The van der Waals surface area contributed by atoms with Gasteiger partial charge in [-0.25, -0.2) is 0 Å². The molecule has 3 N–H and O–H groups in total. The second-order valence-corrected chi connectivity index (χ2v) is 5.98. The van der Waals surface area contributed by atoms with E-state index in [4.69, 9.17) is 4.74 Å². The molecule has 0 bridgehead atoms. The maximum Gasteiger partial charge on any atom is 0.312 e. The highest BCUT2D eigenvalue weighted by atomic mass is 16.6. The smallest absolute Gasteiger partial charge is 0.312 e. The maximum atomic E-state index is 12.0. The van der Waals surface area contributed by atoms with E-state index in [9.17, 15) is 20.1 Å². The van der Waals surface area contributed by atoms with E-state index in [1.807, 2.05) is 0 Å². The Balaban J connectivity index is 1.83. The van der Waals surface area contributed by atoms with Crippen molar-refractivity contribution in [3.63, 3.8) is 0 Å². The quantitative estimate of drug-likeness (QED) is 0.749. The molecular weight excluding hydrogens is 296 g/mol. The van der Waals surface area contributed by atoms with Gasteiger partial charge in [-0.15, -0.1) is 0 Å². The molecule has 0 aliphatic carbocycles. The molecule has 1 heterocycles. The highest BCUT2D eigenvalue weighted by Crippen LogP contribution is 2.34. The molecule has 0 saturated carbocycles. The zero-order valence-corrected chi connectivity index (χ0v) is 12.5. The lowest BCUT2D eigenvalue weighted by Gasteiger charge is -2.26. The molecule has 1 aliphatic rings. The van der Waals surface area contributed by atoms with Crippen molar-refractivity contribution in [1.82, 2.24) is 0 Å². The summed E-state index contributed by atoms with van der Waals surface area (Å²) in [5.74, 6) is -0.936. The number of aromatic hydroxyl groups is 2. The SMILES string of the molecule is O=C1OCC(O)(Cc2cccc(O)c2)C1Cc1cccc(O)c1. The summed E-state index contributed by atoms with van der Waals surface area (Å²) < 4.78 is 5.07. The molecule has 23 heavy (non-hydrogen) atoms. The number of cyclic esters (lactones) is 1. The van der Waals surface area contributed by atoms with Crippen molar-refractivity contribution in [3.05, 3.63) is 59.7 Å². The van der Waals surface area contributed by atoms with E-state index in [1.165, 1.54) is 0 Å². The van der Waals surface area contributed by atoms with Crippen LogP contribution in [0.1, 0.15) is 11.1 Å². The van der Waals surface area contributed by atoms with Crippen molar-refractivity contribution >= 4 is 5.97 Å². The summed E-state index contributed by atoms with van der Waals surface area (Å²) in [6, 6.07) is 13.2. The van der Waals surface area contributed by atoms with Crippen LogP contribution in [0.15, 0.2) is 48.5 Å². The fraction of sp³-hybridized carbons (Fsp3) is 0.278. The van der Waals surface area contributed by atoms with E-state index in [-0.39, 0.29) is 30.9 Å². The van der Waals surface area contributed by atoms with Gasteiger partial charge in [0.15, 0.2) is 0 Å². The van der Waals surface area contributed by atoms with Crippen LogP contribution in [0.25, 0.3) is 0 Å². The molecule has 0 spiro atoms. The van der Waals surface area contributed by atoms with Crippen LogP contribution in [-0.2, 0) is 22.4 Å². The van der Waals surface area contributed by atoms with Crippen LogP contribution in [0, 0.1) is 5.92 Å². The van der Waals surface area contributed by atoms with E-state index in [0.29, 0.717) is 0 Å². The third kappa shape index (κ3) is 3.29. The number of phenols is 2.